The minimum Gasteiger partial charge on any atom is -0.335 e. The highest BCUT2D eigenvalue weighted by Crippen LogP contribution is 2.34. The van der Waals surface area contributed by atoms with Gasteiger partial charge in [0.25, 0.3) is 0 Å². The fraction of sp³-hybridized carbons (Fsp3) is 0.412. The molecule has 0 saturated heterocycles. The van der Waals surface area contributed by atoms with Crippen molar-refractivity contribution in [1.29, 1.82) is 0 Å². The SMILES string of the molecule is CC(CC(C)(C)C)n1c2cccnc2c2ncccc21. The maximum atomic E-state index is 4.53. The van der Waals surface area contributed by atoms with Crippen molar-refractivity contribution in [2.24, 2.45) is 5.41 Å². The molecule has 104 valence electrons. The number of hydrogen-bond acceptors (Lipinski definition) is 2. The monoisotopic (exact) mass is 267 g/mol. The van der Waals surface area contributed by atoms with Gasteiger partial charge in [-0.1, -0.05) is 20.8 Å². The van der Waals surface area contributed by atoms with E-state index >= 15 is 0 Å². The van der Waals surface area contributed by atoms with E-state index in [0.717, 1.165) is 17.5 Å². The Morgan fingerprint density at radius 2 is 1.50 bits per heavy atom. The minimum absolute atomic E-state index is 0.298. The molecule has 20 heavy (non-hydrogen) atoms. The predicted molar refractivity (Wildman–Crippen MR) is 83.8 cm³/mol. The van der Waals surface area contributed by atoms with Gasteiger partial charge in [0.05, 0.1) is 11.0 Å². The predicted octanol–water partition coefficient (Wildman–Crippen LogP) is 4.58. The number of aromatic nitrogens is 3. The highest BCUT2D eigenvalue weighted by molar-refractivity contribution is 6.03. The summed E-state index contributed by atoms with van der Waals surface area (Å²) < 4.78 is 2.38. The fourth-order valence-electron chi connectivity index (χ4n) is 3.13. The molecule has 3 heteroatoms. The Morgan fingerprint density at radius 1 is 1.00 bits per heavy atom. The normalized spacial score (nSPS) is 14.0. The maximum Gasteiger partial charge on any atom is 0.114 e. The molecule has 0 aromatic carbocycles. The van der Waals surface area contributed by atoms with Crippen molar-refractivity contribution in [3.63, 3.8) is 0 Å². The summed E-state index contributed by atoms with van der Waals surface area (Å²) in [4.78, 5) is 9.05. The average Bonchev–Trinajstić information content (AvgIpc) is 2.71. The molecule has 0 fully saturated rings. The Balaban J connectivity index is 2.26. The standard InChI is InChI=1S/C17H21N3/c1-12(11-17(2,3)4)20-13-7-5-9-18-15(13)16-14(20)8-6-10-19-16/h5-10,12H,11H2,1-4H3. The summed E-state index contributed by atoms with van der Waals surface area (Å²) in [6.07, 6.45) is 4.81. The summed E-state index contributed by atoms with van der Waals surface area (Å²) in [6.45, 7) is 9.14. The molecule has 3 aromatic rings. The van der Waals surface area contributed by atoms with Crippen LogP contribution in [0.5, 0.6) is 0 Å². The first-order chi connectivity index (χ1) is 9.47. The molecule has 0 amide bonds. The van der Waals surface area contributed by atoms with Crippen LogP contribution in [0, 0.1) is 5.41 Å². The van der Waals surface area contributed by atoms with Crippen LogP contribution in [0.25, 0.3) is 22.1 Å². The third kappa shape index (κ3) is 2.17. The van der Waals surface area contributed by atoms with E-state index in [4.69, 9.17) is 0 Å². The smallest absolute Gasteiger partial charge is 0.114 e. The van der Waals surface area contributed by atoms with E-state index in [1.807, 2.05) is 24.5 Å². The number of rotatable bonds is 2. The molecule has 0 spiro atoms. The summed E-state index contributed by atoms with van der Waals surface area (Å²) in [7, 11) is 0. The maximum absolute atomic E-state index is 4.53. The van der Waals surface area contributed by atoms with Crippen molar-refractivity contribution in [2.75, 3.05) is 0 Å². The third-order valence-corrected chi connectivity index (χ3v) is 3.66. The summed E-state index contributed by atoms with van der Waals surface area (Å²) >= 11 is 0. The number of hydrogen-bond donors (Lipinski definition) is 0. The zero-order valence-electron chi connectivity index (χ0n) is 12.6. The Bertz CT molecular complexity index is 696. The first kappa shape index (κ1) is 13.1. The van der Waals surface area contributed by atoms with Gasteiger partial charge in [0.2, 0.25) is 0 Å². The van der Waals surface area contributed by atoms with Gasteiger partial charge in [-0.05, 0) is 43.0 Å². The lowest BCUT2D eigenvalue weighted by Gasteiger charge is -2.25. The van der Waals surface area contributed by atoms with Crippen LogP contribution in [0.2, 0.25) is 0 Å². The molecule has 1 unspecified atom stereocenters. The summed E-state index contributed by atoms with van der Waals surface area (Å²) in [5.41, 5.74) is 4.66. The summed E-state index contributed by atoms with van der Waals surface area (Å²) in [5, 5.41) is 0. The van der Waals surface area contributed by atoms with Gasteiger partial charge in [-0.15, -0.1) is 0 Å². The molecule has 0 aliphatic rings. The van der Waals surface area contributed by atoms with Crippen LogP contribution in [0.15, 0.2) is 36.7 Å². The fourth-order valence-corrected chi connectivity index (χ4v) is 3.13. The first-order valence-corrected chi connectivity index (χ1v) is 7.17. The largest absolute Gasteiger partial charge is 0.335 e. The lowest BCUT2D eigenvalue weighted by molar-refractivity contribution is 0.313. The molecule has 1 atom stereocenters. The molecule has 0 N–H and O–H groups in total. The Labute approximate surface area is 119 Å². The Kier molecular flexibility index (Phi) is 3.00. The number of nitrogens with zero attached hydrogens (tertiary/aromatic N) is 3. The second-order valence-electron chi connectivity index (χ2n) is 6.73. The molecule has 3 heterocycles. The highest BCUT2D eigenvalue weighted by atomic mass is 15.0. The molecular formula is C17H21N3. The molecule has 0 aliphatic carbocycles. The van der Waals surface area contributed by atoms with E-state index in [0.29, 0.717) is 11.5 Å². The van der Waals surface area contributed by atoms with Crippen LogP contribution in [0.4, 0.5) is 0 Å². The van der Waals surface area contributed by atoms with Crippen molar-refractivity contribution < 1.29 is 0 Å². The molecule has 0 aliphatic heterocycles. The van der Waals surface area contributed by atoms with Gasteiger partial charge < -0.3 is 4.57 Å². The molecular weight excluding hydrogens is 246 g/mol. The van der Waals surface area contributed by atoms with Crippen LogP contribution in [0.1, 0.15) is 40.2 Å². The van der Waals surface area contributed by atoms with E-state index < -0.39 is 0 Å². The van der Waals surface area contributed by atoms with E-state index in [1.165, 1.54) is 11.0 Å². The Morgan fingerprint density at radius 3 is 1.95 bits per heavy atom. The molecule has 0 bridgehead atoms. The van der Waals surface area contributed by atoms with Gasteiger partial charge in [0.1, 0.15) is 11.0 Å². The van der Waals surface area contributed by atoms with E-state index in [1.54, 1.807) is 0 Å². The zero-order valence-corrected chi connectivity index (χ0v) is 12.6. The third-order valence-electron chi connectivity index (χ3n) is 3.66. The van der Waals surface area contributed by atoms with Crippen LogP contribution in [-0.4, -0.2) is 14.5 Å². The summed E-state index contributed by atoms with van der Waals surface area (Å²) in [5.74, 6) is 0. The minimum atomic E-state index is 0.298. The van der Waals surface area contributed by atoms with Gasteiger partial charge in [-0.2, -0.15) is 0 Å². The quantitative estimate of drug-likeness (QED) is 0.680. The van der Waals surface area contributed by atoms with Crippen LogP contribution in [-0.2, 0) is 0 Å². The van der Waals surface area contributed by atoms with Crippen LogP contribution in [0.3, 0.4) is 0 Å². The molecule has 0 saturated carbocycles. The van der Waals surface area contributed by atoms with Crippen LogP contribution >= 0.6 is 0 Å². The van der Waals surface area contributed by atoms with Gasteiger partial charge in [-0.3, -0.25) is 9.97 Å². The van der Waals surface area contributed by atoms with Crippen molar-refractivity contribution in [3.8, 4) is 0 Å². The molecule has 3 rings (SSSR count). The molecule has 0 radical (unpaired) electrons. The number of fused-ring (bicyclic) bond motifs is 3. The lowest BCUT2D eigenvalue weighted by atomic mass is 9.88. The topological polar surface area (TPSA) is 30.7 Å². The first-order valence-electron chi connectivity index (χ1n) is 7.17. The van der Waals surface area contributed by atoms with Gasteiger partial charge in [0, 0.05) is 18.4 Å². The van der Waals surface area contributed by atoms with Crippen molar-refractivity contribution in [3.05, 3.63) is 36.7 Å². The van der Waals surface area contributed by atoms with Gasteiger partial charge in [0.15, 0.2) is 0 Å². The van der Waals surface area contributed by atoms with E-state index in [9.17, 15) is 0 Å². The second kappa shape index (κ2) is 4.58. The van der Waals surface area contributed by atoms with Crippen molar-refractivity contribution in [1.82, 2.24) is 14.5 Å². The molecule has 3 nitrogen and oxygen atoms in total. The van der Waals surface area contributed by atoms with Gasteiger partial charge >= 0.3 is 0 Å². The highest BCUT2D eigenvalue weighted by Gasteiger charge is 2.21. The number of pyridine rings is 2. The van der Waals surface area contributed by atoms with E-state index in [-0.39, 0.29) is 0 Å². The van der Waals surface area contributed by atoms with Crippen LogP contribution < -0.4 is 0 Å². The average molecular weight is 267 g/mol. The van der Waals surface area contributed by atoms with Crippen molar-refractivity contribution >= 4 is 22.1 Å². The summed E-state index contributed by atoms with van der Waals surface area (Å²) in [6, 6.07) is 8.71. The lowest BCUT2D eigenvalue weighted by Crippen LogP contribution is -2.14. The van der Waals surface area contributed by atoms with Gasteiger partial charge in [-0.25, -0.2) is 0 Å². The molecule has 3 aromatic heterocycles. The Hall–Kier alpha value is -1.90. The zero-order chi connectivity index (χ0) is 14.3. The second-order valence-corrected chi connectivity index (χ2v) is 6.73. The van der Waals surface area contributed by atoms with Crippen molar-refractivity contribution in [2.45, 2.75) is 40.2 Å². The van der Waals surface area contributed by atoms with E-state index in [2.05, 4.69) is 54.4 Å².